The summed E-state index contributed by atoms with van der Waals surface area (Å²) < 4.78 is 5.29. The number of carbonyl (C=O) groups excluding carboxylic acids is 1. The Labute approximate surface area is 101 Å². The van der Waals surface area contributed by atoms with Crippen LogP contribution >= 0.6 is 11.6 Å². The van der Waals surface area contributed by atoms with Gasteiger partial charge < -0.3 is 9.73 Å². The number of rotatable bonds is 5. The Morgan fingerprint density at radius 3 is 2.75 bits per heavy atom. The first-order chi connectivity index (χ1) is 7.51. The van der Waals surface area contributed by atoms with Gasteiger partial charge in [0.05, 0.1) is 17.7 Å². The predicted octanol–water partition coefficient (Wildman–Crippen LogP) is 3.11. The van der Waals surface area contributed by atoms with E-state index >= 15 is 0 Å². The molecule has 1 amide bonds. The Balaban J connectivity index is 2.68. The largest absolute Gasteiger partial charge is 0.467 e. The number of halogens is 1. The molecule has 1 aromatic heterocycles. The molecule has 0 aliphatic rings. The molecule has 1 atom stereocenters. The van der Waals surface area contributed by atoms with Crippen molar-refractivity contribution in [3.63, 3.8) is 0 Å². The highest BCUT2D eigenvalue weighted by Gasteiger charge is 2.28. The maximum atomic E-state index is 11.9. The third kappa shape index (κ3) is 3.01. The molecule has 90 valence electrons. The topological polar surface area (TPSA) is 42.2 Å². The molecule has 0 saturated heterocycles. The van der Waals surface area contributed by atoms with Gasteiger partial charge in [0, 0.05) is 5.88 Å². The van der Waals surface area contributed by atoms with Crippen molar-refractivity contribution in [1.82, 2.24) is 5.32 Å². The van der Waals surface area contributed by atoms with Crippen molar-refractivity contribution in [2.24, 2.45) is 5.41 Å². The second kappa shape index (κ2) is 5.39. The van der Waals surface area contributed by atoms with Crippen molar-refractivity contribution in [2.45, 2.75) is 33.2 Å². The Bertz CT molecular complexity index is 333. The maximum absolute atomic E-state index is 11.9. The van der Waals surface area contributed by atoms with Gasteiger partial charge in [0.2, 0.25) is 5.91 Å². The first-order valence-electron chi connectivity index (χ1n) is 5.41. The van der Waals surface area contributed by atoms with E-state index in [0.29, 0.717) is 5.88 Å². The van der Waals surface area contributed by atoms with Gasteiger partial charge in [0.15, 0.2) is 0 Å². The highest BCUT2D eigenvalue weighted by Crippen LogP contribution is 2.22. The number of alkyl halides is 1. The normalized spacial score (nSPS) is 13.5. The summed E-state index contributed by atoms with van der Waals surface area (Å²) >= 11 is 5.76. The van der Waals surface area contributed by atoms with Crippen LogP contribution in [-0.2, 0) is 4.79 Å². The lowest BCUT2D eigenvalue weighted by molar-refractivity contribution is -0.129. The summed E-state index contributed by atoms with van der Waals surface area (Å²) in [6, 6.07) is 3.60. The van der Waals surface area contributed by atoms with Crippen LogP contribution < -0.4 is 5.32 Å². The van der Waals surface area contributed by atoms with Gasteiger partial charge in [-0.3, -0.25) is 4.79 Å². The maximum Gasteiger partial charge on any atom is 0.227 e. The molecular formula is C12H18ClNO2. The lowest BCUT2D eigenvalue weighted by Gasteiger charge is -2.24. The van der Waals surface area contributed by atoms with E-state index in [2.05, 4.69) is 5.32 Å². The number of furan rings is 1. The molecule has 1 N–H and O–H groups in total. The van der Waals surface area contributed by atoms with E-state index in [-0.39, 0.29) is 11.9 Å². The Hall–Kier alpha value is -0.960. The van der Waals surface area contributed by atoms with Gasteiger partial charge >= 0.3 is 0 Å². The molecule has 1 aromatic rings. The molecule has 0 spiro atoms. The van der Waals surface area contributed by atoms with Gasteiger partial charge in [-0.05, 0) is 32.4 Å². The first kappa shape index (κ1) is 13.1. The molecule has 1 rings (SSSR count). The lowest BCUT2D eigenvalue weighted by Crippen LogP contribution is -2.39. The number of nitrogens with one attached hydrogen (secondary N) is 1. The van der Waals surface area contributed by atoms with Crippen LogP contribution in [0, 0.1) is 5.41 Å². The number of carbonyl (C=O) groups is 1. The first-order valence-corrected chi connectivity index (χ1v) is 5.95. The second-order valence-corrected chi connectivity index (χ2v) is 4.73. The number of amides is 1. The van der Waals surface area contributed by atoms with Crippen LogP contribution in [0.25, 0.3) is 0 Å². The molecule has 4 heteroatoms. The third-order valence-electron chi connectivity index (χ3n) is 2.55. The highest BCUT2D eigenvalue weighted by atomic mass is 35.5. The molecule has 0 aliphatic heterocycles. The van der Waals surface area contributed by atoms with Gasteiger partial charge in [-0.15, -0.1) is 11.6 Å². The molecular weight excluding hydrogens is 226 g/mol. The van der Waals surface area contributed by atoms with Crippen molar-refractivity contribution in [1.29, 1.82) is 0 Å². The predicted molar refractivity (Wildman–Crippen MR) is 64.4 cm³/mol. The van der Waals surface area contributed by atoms with E-state index in [9.17, 15) is 4.79 Å². The fraction of sp³-hybridized carbons (Fsp3) is 0.583. The minimum atomic E-state index is -0.554. The van der Waals surface area contributed by atoms with Gasteiger partial charge in [0.1, 0.15) is 5.76 Å². The molecule has 0 bridgehead atoms. The molecule has 1 heterocycles. The van der Waals surface area contributed by atoms with Crippen molar-refractivity contribution < 1.29 is 9.21 Å². The molecule has 0 aromatic carbocycles. The van der Waals surface area contributed by atoms with Crippen LogP contribution in [0.2, 0.25) is 0 Å². The third-order valence-corrected chi connectivity index (χ3v) is 3.22. The summed E-state index contributed by atoms with van der Waals surface area (Å²) in [5, 5.41) is 2.94. The van der Waals surface area contributed by atoms with Gasteiger partial charge in [-0.2, -0.15) is 0 Å². The average molecular weight is 244 g/mol. The van der Waals surface area contributed by atoms with E-state index in [1.54, 1.807) is 6.26 Å². The highest BCUT2D eigenvalue weighted by molar-refractivity contribution is 6.19. The van der Waals surface area contributed by atoms with E-state index in [0.717, 1.165) is 12.2 Å². The fourth-order valence-electron chi connectivity index (χ4n) is 1.28. The average Bonchev–Trinajstić information content (AvgIpc) is 2.78. The summed E-state index contributed by atoms with van der Waals surface area (Å²) in [4.78, 5) is 11.9. The summed E-state index contributed by atoms with van der Waals surface area (Å²) in [7, 11) is 0. The van der Waals surface area contributed by atoms with Crippen molar-refractivity contribution in [3.8, 4) is 0 Å². The number of hydrogen-bond acceptors (Lipinski definition) is 2. The molecule has 16 heavy (non-hydrogen) atoms. The van der Waals surface area contributed by atoms with Crippen LogP contribution in [0.1, 0.15) is 39.0 Å². The lowest BCUT2D eigenvalue weighted by atomic mass is 9.94. The van der Waals surface area contributed by atoms with Crippen LogP contribution in [0.15, 0.2) is 22.8 Å². The van der Waals surface area contributed by atoms with Crippen LogP contribution in [-0.4, -0.2) is 11.8 Å². The van der Waals surface area contributed by atoms with E-state index in [1.165, 1.54) is 0 Å². The summed E-state index contributed by atoms with van der Waals surface area (Å²) in [5.41, 5.74) is -0.554. The van der Waals surface area contributed by atoms with Crippen molar-refractivity contribution in [3.05, 3.63) is 24.2 Å². The van der Waals surface area contributed by atoms with Crippen molar-refractivity contribution >= 4 is 17.5 Å². The quantitative estimate of drug-likeness (QED) is 0.808. The van der Waals surface area contributed by atoms with E-state index in [1.807, 2.05) is 32.9 Å². The smallest absolute Gasteiger partial charge is 0.227 e. The molecule has 1 unspecified atom stereocenters. The molecule has 0 saturated carbocycles. The molecule has 0 fully saturated rings. The summed E-state index contributed by atoms with van der Waals surface area (Å²) in [6.45, 7) is 5.65. The number of hydrogen-bond donors (Lipinski definition) is 1. The van der Waals surface area contributed by atoms with Crippen LogP contribution in [0.3, 0.4) is 0 Å². The zero-order valence-electron chi connectivity index (χ0n) is 9.92. The van der Waals surface area contributed by atoms with E-state index < -0.39 is 5.41 Å². The van der Waals surface area contributed by atoms with Crippen LogP contribution in [0.4, 0.5) is 0 Å². The Morgan fingerprint density at radius 2 is 2.31 bits per heavy atom. The van der Waals surface area contributed by atoms with Gasteiger partial charge in [-0.25, -0.2) is 0 Å². The zero-order valence-corrected chi connectivity index (χ0v) is 10.7. The van der Waals surface area contributed by atoms with Gasteiger partial charge in [0.25, 0.3) is 0 Å². The monoisotopic (exact) mass is 243 g/mol. The Morgan fingerprint density at radius 1 is 1.62 bits per heavy atom. The SMILES string of the molecule is CCC(NC(=O)C(C)(C)CCl)c1ccco1. The summed E-state index contributed by atoms with van der Waals surface area (Å²) in [6.07, 6.45) is 2.40. The summed E-state index contributed by atoms with van der Waals surface area (Å²) in [5.74, 6) is 1.03. The van der Waals surface area contributed by atoms with Crippen molar-refractivity contribution in [2.75, 3.05) is 5.88 Å². The molecule has 0 aliphatic carbocycles. The molecule has 3 nitrogen and oxygen atoms in total. The zero-order chi connectivity index (χ0) is 12.2. The standard InChI is InChI=1S/C12H18ClNO2/c1-4-9(10-6-5-7-16-10)14-11(15)12(2,3)8-13/h5-7,9H,4,8H2,1-3H3,(H,14,15). The van der Waals surface area contributed by atoms with E-state index in [4.69, 9.17) is 16.0 Å². The Kier molecular flexibility index (Phi) is 4.42. The fourth-order valence-corrected chi connectivity index (χ4v) is 1.40. The minimum absolute atomic E-state index is 0.0502. The van der Waals surface area contributed by atoms with Crippen LogP contribution in [0.5, 0.6) is 0 Å². The second-order valence-electron chi connectivity index (χ2n) is 4.47. The molecule has 0 radical (unpaired) electrons. The minimum Gasteiger partial charge on any atom is -0.467 e. The van der Waals surface area contributed by atoms with Gasteiger partial charge in [-0.1, -0.05) is 6.92 Å².